The van der Waals surface area contributed by atoms with Crippen molar-refractivity contribution in [3.05, 3.63) is 24.4 Å². The fraction of sp³-hybridized carbons (Fsp3) is 0.333. The molecule has 0 bridgehead atoms. The molecule has 1 unspecified atom stereocenters. The van der Waals surface area contributed by atoms with Crippen LogP contribution in [-0.4, -0.2) is 6.04 Å². The normalized spacial score (nSPS) is 27.3. The van der Waals surface area contributed by atoms with Gasteiger partial charge in [-0.25, -0.2) is 0 Å². The van der Waals surface area contributed by atoms with Crippen molar-refractivity contribution in [1.29, 1.82) is 0 Å². The molecule has 1 nitrogen and oxygen atoms in total. The van der Waals surface area contributed by atoms with Crippen LogP contribution in [0.4, 0.5) is 0 Å². The molecule has 0 aromatic heterocycles. The molecule has 1 atom stereocenters. The molecule has 1 aliphatic rings. The second-order valence-electron chi connectivity index (χ2n) is 1.70. The van der Waals surface area contributed by atoms with Crippen molar-refractivity contribution in [1.82, 2.24) is 5.32 Å². The monoisotopic (exact) mass is 95.1 g/mol. The fourth-order valence-electron chi connectivity index (χ4n) is 0.549. The molecule has 0 fully saturated rings. The number of hydrogen-bond acceptors (Lipinski definition) is 1. The van der Waals surface area contributed by atoms with Crippen LogP contribution in [0.15, 0.2) is 24.4 Å². The van der Waals surface area contributed by atoms with E-state index in [2.05, 4.69) is 18.3 Å². The standard InChI is InChI=1S/C6H9N/c1-6-4-2-3-5-7-6/h2-7H,1H3. The lowest BCUT2D eigenvalue weighted by atomic mass is 10.2. The minimum atomic E-state index is 0.519. The Bertz CT molecular complexity index is 103. The molecule has 0 aromatic rings. The van der Waals surface area contributed by atoms with Crippen LogP contribution in [-0.2, 0) is 0 Å². The molecular weight excluding hydrogens is 86.1 g/mol. The van der Waals surface area contributed by atoms with E-state index in [1.54, 1.807) is 0 Å². The maximum atomic E-state index is 3.11. The fourth-order valence-corrected chi connectivity index (χ4v) is 0.549. The third-order valence-electron chi connectivity index (χ3n) is 0.966. The van der Waals surface area contributed by atoms with Gasteiger partial charge in [-0.2, -0.15) is 0 Å². The van der Waals surface area contributed by atoms with Gasteiger partial charge in [-0.05, 0) is 19.2 Å². The minimum absolute atomic E-state index is 0.519. The van der Waals surface area contributed by atoms with E-state index in [1.165, 1.54) is 0 Å². The molecule has 0 amide bonds. The summed E-state index contributed by atoms with van der Waals surface area (Å²) in [6, 6.07) is 0.519. The molecule has 0 aromatic carbocycles. The molecule has 1 rings (SSSR count). The number of dihydropyridines is 1. The highest BCUT2D eigenvalue weighted by Crippen LogP contribution is 1.90. The van der Waals surface area contributed by atoms with Crippen molar-refractivity contribution in [2.24, 2.45) is 0 Å². The smallest absolute Gasteiger partial charge is 0.0413 e. The summed E-state index contributed by atoms with van der Waals surface area (Å²) in [5.74, 6) is 0. The maximum Gasteiger partial charge on any atom is 0.0413 e. The van der Waals surface area contributed by atoms with Crippen molar-refractivity contribution in [2.45, 2.75) is 13.0 Å². The summed E-state index contributed by atoms with van der Waals surface area (Å²) in [4.78, 5) is 0. The zero-order valence-corrected chi connectivity index (χ0v) is 4.39. The number of rotatable bonds is 0. The Hall–Kier alpha value is -0.720. The van der Waals surface area contributed by atoms with Crippen LogP contribution >= 0.6 is 0 Å². The topological polar surface area (TPSA) is 12.0 Å². The first kappa shape index (κ1) is 4.44. The van der Waals surface area contributed by atoms with Crippen LogP contribution in [0.5, 0.6) is 0 Å². The first-order valence-electron chi connectivity index (χ1n) is 2.49. The van der Waals surface area contributed by atoms with Crippen LogP contribution < -0.4 is 5.32 Å². The number of nitrogens with one attached hydrogen (secondary N) is 1. The molecule has 0 aliphatic carbocycles. The largest absolute Gasteiger partial charge is 0.385 e. The summed E-state index contributed by atoms with van der Waals surface area (Å²) in [7, 11) is 0. The van der Waals surface area contributed by atoms with E-state index in [0.29, 0.717) is 6.04 Å². The third-order valence-corrected chi connectivity index (χ3v) is 0.966. The zero-order chi connectivity index (χ0) is 5.11. The SMILES string of the molecule is CC1C=CC=CN1. The predicted molar refractivity (Wildman–Crippen MR) is 30.9 cm³/mol. The Labute approximate surface area is 43.7 Å². The van der Waals surface area contributed by atoms with Gasteiger partial charge in [0.05, 0.1) is 0 Å². The average molecular weight is 95.1 g/mol. The van der Waals surface area contributed by atoms with E-state index in [-0.39, 0.29) is 0 Å². The van der Waals surface area contributed by atoms with Gasteiger partial charge in [-0.3, -0.25) is 0 Å². The Morgan fingerprint density at radius 2 is 2.29 bits per heavy atom. The van der Waals surface area contributed by atoms with Gasteiger partial charge in [0.25, 0.3) is 0 Å². The van der Waals surface area contributed by atoms with E-state index in [4.69, 9.17) is 0 Å². The van der Waals surface area contributed by atoms with Crippen molar-refractivity contribution in [3.63, 3.8) is 0 Å². The molecule has 1 heterocycles. The number of hydrogen-bond donors (Lipinski definition) is 1. The highest BCUT2D eigenvalue weighted by Gasteiger charge is 1.90. The van der Waals surface area contributed by atoms with Gasteiger partial charge in [0, 0.05) is 6.04 Å². The average Bonchev–Trinajstić information content (AvgIpc) is 1.69. The highest BCUT2D eigenvalue weighted by molar-refractivity contribution is 5.10. The summed E-state index contributed by atoms with van der Waals surface area (Å²) in [6.07, 6.45) is 8.09. The van der Waals surface area contributed by atoms with Crippen LogP contribution in [0.2, 0.25) is 0 Å². The van der Waals surface area contributed by atoms with Crippen LogP contribution in [0, 0.1) is 0 Å². The van der Waals surface area contributed by atoms with Crippen molar-refractivity contribution in [2.75, 3.05) is 0 Å². The lowest BCUT2D eigenvalue weighted by Gasteiger charge is -2.07. The molecule has 1 heteroatoms. The zero-order valence-electron chi connectivity index (χ0n) is 4.39. The molecule has 0 saturated carbocycles. The van der Waals surface area contributed by atoms with Gasteiger partial charge in [0.2, 0.25) is 0 Å². The molecule has 7 heavy (non-hydrogen) atoms. The predicted octanol–water partition coefficient (Wildman–Crippen LogP) is 1.05. The summed E-state index contributed by atoms with van der Waals surface area (Å²) in [6.45, 7) is 2.11. The molecule has 0 saturated heterocycles. The highest BCUT2D eigenvalue weighted by atomic mass is 14.9. The van der Waals surface area contributed by atoms with Crippen molar-refractivity contribution in [3.8, 4) is 0 Å². The Morgan fingerprint density at radius 3 is 2.57 bits per heavy atom. The molecular formula is C6H9N. The first-order chi connectivity index (χ1) is 3.39. The van der Waals surface area contributed by atoms with Gasteiger partial charge >= 0.3 is 0 Å². The quantitative estimate of drug-likeness (QED) is 0.474. The molecule has 1 aliphatic heterocycles. The maximum absolute atomic E-state index is 3.11. The molecule has 38 valence electrons. The lowest BCUT2D eigenvalue weighted by Crippen LogP contribution is -2.18. The summed E-state index contributed by atoms with van der Waals surface area (Å²) in [5.41, 5.74) is 0. The Morgan fingerprint density at radius 1 is 1.43 bits per heavy atom. The van der Waals surface area contributed by atoms with Gasteiger partial charge in [-0.15, -0.1) is 0 Å². The molecule has 0 radical (unpaired) electrons. The van der Waals surface area contributed by atoms with E-state index in [0.717, 1.165) is 0 Å². The van der Waals surface area contributed by atoms with Gasteiger partial charge in [0.1, 0.15) is 0 Å². The Balaban J connectivity index is 2.49. The minimum Gasteiger partial charge on any atom is -0.385 e. The Kier molecular flexibility index (Phi) is 1.16. The van der Waals surface area contributed by atoms with Crippen molar-refractivity contribution >= 4 is 0 Å². The van der Waals surface area contributed by atoms with E-state index in [9.17, 15) is 0 Å². The lowest BCUT2D eigenvalue weighted by molar-refractivity contribution is 0.761. The summed E-state index contributed by atoms with van der Waals surface area (Å²) >= 11 is 0. The van der Waals surface area contributed by atoms with E-state index < -0.39 is 0 Å². The second kappa shape index (κ2) is 1.82. The van der Waals surface area contributed by atoms with Crippen LogP contribution in [0.25, 0.3) is 0 Å². The third kappa shape index (κ3) is 1.07. The van der Waals surface area contributed by atoms with E-state index in [1.807, 2.05) is 18.4 Å². The van der Waals surface area contributed by atoms with Gasteiger partial charge < -0.3 is 5.32 Å². The molecule has 0 spiro atoms. The van der Waals surface area contributed by atoms with Gasteiger partial charge in [0.15, 0.2) is 0 Å². The second-order valence-corrected chi connectivity index (χ2v) is 1.70. The van der Waals surface area contributed by atoms with Gasteiger partial charge in [-0.1, -0.05) is 12.2 Å². The number of allylic oxidation sites excluding steroid dienone is 2. The van der Waals surface area contributed by atoms with Crippen LogP contribution in [0.3, 0.4) is 0 Å². The summed E-state index contributed by atoms with van der Waals surface area (Å²) in [5, 5.41) is 3.11. The van der Waals surface area contributed by atoms with Crippen molar-refractivity contribution < 1.29 is 0 Å². The molecule has 1 N–H and O–H groups in total. The van der Waals surface area contributed by atoms with E-state index >= 15 is 0 Å². The summed E-state index contributed by atoms with van der Waals surface area (Å²) < 4.78 is 0. The van der Waals surface area contributed by atoms with Crippen LogP contribution in [0.1, 0.15) is 6.92 Å². The first-order valence-corrected chi connectivity index (χ1v) is 2.49.